The quantitative estimate of drug-likeness (QED) is 0.725. The molecular weight excluding hydrogens is 414 g/mol. The standard InChI is InChI=1S/C15H22BrN3O3S2/c1-10(2)13-12(17-15(16)23-13)14(20)19-6-4-18(5-7-19)11-3-8-24(21,22)9-11/h10-11H,3-9H2,1-2H3. The van der Waals surface area contributed by atoms with Gasteiger partial charge >= 0.3 is 0 Å². The van der Waals surface area contributed by atoms with Gasteiger partial charge in [0.15, 0.2) is 13.8 Å². The van der Waals surface area contributed by atoms with Crippen LogP contribution in [-0.4, -0.2) is 72.8 Å². The Morgan fingerprint density at radius 2 is 1.96 bits per heavy atom. The van der Waals surface area contributed by atoms with E-state index >= 15 is 0 Å². The molecule has 134 valence electrons. The zero-order valence-corrected chi connectivity index (χ0v) is 17.1. The lowest BCUT2D eigenvalue weighted by Gasteiger charge is -2.37. The maximum absolute atomic E-state index is 12.8. The van der Waals surface area contributed by atoms with E-state index in [1.54, 1.807) is 0 Å². The molecular formula is C15H22BrN3O3S2. The Morgan fingerprint density at radius 3 is 2.50 bits per heavy atom. The van der Waals surface area contributed by atoms with Crippen molar-refractivity contribution in [2.45, 2.75) is 32.2 Å². The van der Waals surface area contributed by atoms with Crippen LogP contribution in [0.5, 0.6) is 0 Å². The highest BCUT2D eigenvalue weighted by Crippen LogP contribution is 2.31. The summed E-state index contributed by atoms with van der Waals surface area (Å²) in [6.07, 6.45) is 0.715. The molecule has 1 amide bonds. The van der Waals surface area contributed by atoms with Gasteiger partial charge in [-0.3, -0.25) is 9.69 Å². The normalized spacial score (nSPS) is 24.7. The molecule has 2 fully saturated rings. The summed E-state index contributed by atoms with van der Waals surface area (Å²) in [5, 5.41) is 0. The molecule has 0 N–H and O–H groups in total. The number of thiazole rings is 1. The van der Waals surface area contributed by atoms with E-state index < -0.39 is 9.84 Å². The number of piperazine rings is 1. The molecule has 2 aliphatic rings. The third kappa shape index (κ3) is 3.84. The summed E-state index contributed by atoms with van der Waals surface area (Å²) in [5.74, 6) is 0.802. The molecule has 0 saturated carbocycles. The summed E-state index contributed by atoms with van der Waals surface area (Å²) < 4.78 is 24.0. The van der Waals surface area contributed by atoms with E-state index in [1.807, 2.05) is 4.90 Å². The lowest BCUT2D eigenvalue weighted by molar-refractivity contribution is 0.0581. The van der Waals surface area contributed by atoms with Crippen LogP contribution in [0.15, 0.2) is 3.92 Å². The van der Waals surface area contributed by atoms with Gasteiger partial charge in [-0.2, -0.15) is 0 Å². The highest BCUT2D eigenvalue weighted by molar-refractivity contribution is 9.11. The first kappa shape index (κ1) is 18.3. The molecule has 0 bridgehead atoms. The number of rotatable bonds is 3. The van der Waals surface area contributed by atoms with Crippen molar-refractivity contribution in [1.29, 1.82) is 0 Å². The van der Waals surface area contributed by atoms with Crippen LogP contribution in [-0.2, 0) is 9.84 Å². The van der Waals surface area contributed by atoms with Gasteiger partial charge in [0.2, 0.25) is 0 Å². The summed E-state index contributed by atoms with van der Waals surface area (Å²) in [7, 11) is -2.87. The average molecular weight is 436 g/mol. The van der Waals surface area contributed by atoms with Crippen LogP contribution in [0, 0.1) is 0 Å². The molecule has 0 radical (unpaired) electrons. The van der Waals surface area contributed by atoms with Crippen LogP contribution in [0.4, 0.5) is 0 Å². The van der Waals surface area contributed by atoms with Crippen molar-refractivity contribution in [3.63, 3.8) is 0 Å². The van der Waals surface area contributed by atoms with Crippen LogP contribution >= 0.6 is 27.3 Å². The van der Waals surface area contributed by atoms with Gasteiger partial charge in [0.05, 0.1) is 11.5 Å². The first-order valence-corrected chi connectivity index (χ1v) is 11.6. The first-order chi connectivity index (χ1) is 11.3. The minimum absolute atomic E-state index is 0.0145. The van der Waals surface area contributed by atoms with E-state index in [4.69, 9.17) is 0 Å². The second kappa shape index (κ2) is 7.01. The Hall–Kier alpha value is -0.510. The number of carbonyl (C=O) groups is 1. The van der Waals surface area contributed by atoms with E-state index in [-0.39, 0.29) is 23.6 Å². The zero-order valence-electron chi connectivity index (χ0n) is 13.9. The summed E-state index contributed by atoms with van der Waals surface area (Å²) in [6.45, 7) is 6.84. The van der Waals surface area contributed by atoms with Crippen molar-refractivity contribution < 1.29 is 13.2 Å². The van der Waals surface area contributed by atoms with Crippen molar-refractivity contribution in [2.24, 2.45) is 0 Å². The molecule has 0 spiro atoms. The van der Waals surface area contributed by atoms with Crippen molar-refractivity contribution in [1.82, 2.24) is 14.8 Å². The van der Waals surface area contributed by atoms with Gasteiger partial charge in [-0.15, -0.1) is 11.3 Å². The highest BCUT2D eigenvalue weighted by Gasteiger charge is 2.35. The number of nitrogens with zero attached hydrogens (tertiary/aromatic N) is 3. The fourth-order valence-electron chi connectivity index (χ4n) is 3.35. The summed E-state index contributed by atoms with van der Waals surface area (Å²) in [4.78, 5) is 22.2. The largest absolute Gasteiger partial charge is 0.335 e. The zero-order chi connectivity index (χ0) is 17.5. The number of carbonyl (C=O) groups excluding carboxylic acids is 1. The maximum atomic E-state index is 12.8. The van der Waals surface area contributed by atoms with Crippen molar-refractivity contribution in [3.8, 4) is 0 Å². The van der Waals surface area contributed by atoms with E-state index in [2.05, 4.69) is 39.7 Å². The van der Waals surface area contributed by atoms with E-state index in [0.717, 1.165) is 21.9 Å². The van der Waals surface area contributed by atoms with Crippen LogP contribution < -0.4 is 0 Å². The van der Waals surface area contributed by atoms with E-state index in [1.165, 1.54) is 11.3 Å². The molecule has 9 heteroatoms. The third-order valence-corrected chi connectivity index (χ3v) is 8.24. The molecule has 1 aromatic heterocycles. The van der Waals surface area contributed by atoms with E-state index in [0.29, 0.717) is 31.0 Å². The van der Waals surface area contributed by atoms with Crippen molar-refractivity contribution in [3.05, 3.63) is 14.5 Å². The lowest BCUT2D eigenvalue weighted by Crippen LogP contribution is -2.52. The summed E-state index contributed by atoms with van der Waals surface area (Å²) in [6, 6.07) is 0.117. The molecule has 2 saturated heterocycles. The second-order valence-corrected chi connectivity index (χ2v) is 11.3. The Morgan fingerprint density at radius 1 is 1.29 bits per heavy atom. The first-order valence-electron chi connectivity index (χ1n) is 8.17. The number of sulfone groups is 1. The number of hydrogen-bond donors (Lipinski definition) is 0. The SMILES string of the molecule is CC(C)c1sc(Br)nc1C(=O)N1CCN(C2CCS(=O)(=O)C2)CC1. The van der Waals surface area contributed by atoms with Crippen LogP contribution in [0.25, 0.3) is 0 Å². The van der Waals surface area contributed by atoms with Crippen LogP contribution in [0.3, 0.4) is 0 Å². The van der Waals surface area contributed by atoms with Gasteiger partial charge in [0.25, 0.3) is 5.91 Å². The van der Waals surface area contributed by atoms with Gasteiger partial charge in [0, 0.05) is 37.1 Å². The van der Waals surface area contributed by atoms with Crippen LogP contribution in [0.2, 0.25) is 0 Å². The molecule has 6 nitrogen and oxygen atoms in total. The molecule has 0 aromatic carbocycles. The summed E-state index contributed by atoms with van der Waals surface area (Å²) >= 11 is 4.90. The predicted molar refractivity (Wildman–Crippen MR) is 98.4 cm³/mol. The minimum atomic E-state index is -2.87. The molecule has 1 unspecified atom stereocenters. The molecule has 3 rings (SSSR count). The monoisotopic (exact) mass is 435 g/mol. The van der Waals surface area contributed by atoms with Crippen LogP contribution in [0.1, 0.15) is 41.6 Å². The van der Waals surface area contributed by atoms with Gasteiger partial charge in [-0.1, -0.05) is 13.8 Å². The molecule has 0 aliphatic carbocycles. The smallest absolute Gasteiger partial charge is 0.273 e. The molecule has 3 heterocycles. The Balaban J connectivity index is 1.64. The minimum Gasteiger partial charge on any atom is -0.335 e. The number of hydrogen-bond acceptors (Lipinski definition) is 6. The topological polar surface area (TPSA) is 70.6 Å². The molecule has 1 atom stereocenters. The predicted octanol–water partition coefficient (Wildman–Crippen LogP) is 1.97. The number of halogens is 1. The molecule has 1 aromatic rings. The van der Waals surface area contributed by atoms with Gasteiger partial charge < -0.3 is 4.90 Å². The number of amides is 1. The van der Waals surface area contributed by atoms with E-state index in [9.17, 15) is 13.2 Å². The van der Waals surface area contributed by atoms with Gasteiger partial charge in [-0.05, 0) is 28.3 Å². The summed E-state index contributed by atoms with van der Waals surface area (Å²) in [5.41, 5.74) is 0.554. The van der Waals surface area contributed by atoms with Gasteiger partial charge in [0.1, 0.15) is 5.69 Å². The highest BCUT2D eigenvalue weighted by atomic mass is 79.9. The number of aromatic nitrogens is 1. The second-order valence-electron chi connectivity index (χ2n) is 6.72. The van der Waals surface area contributed by atoms with Gasteiger partial charge in [-0.25, -0.2) is 13.4 Å². The lowest BCUT2D eigenvalue weighted by atomic mass is 10.1. The molecule has 2 aliphatic heterocycles. The Bertz CT molecular complexity index is 724. The Kier molecular flexibility index (Phi) is 5.34. The fourth-order valence-corrected chi connectivity index (χ4v) is 6.60. The van der Waals surface area contributed by atoms with Crippen molar-refractivity contribution >= 4 is 43.0 Å². The fraction of sp³-hybridized carbons (Fsp3) is 0.733. The third-order valence-electron chi connectivity index (χ3n) is 4.68. The average Bonchev–Trinajstić information content (AvgIpc) is 3.09. The molecule has 24 heavy (non-hydrogen) atoms. The maximum Gasteiger partial charge on any atom is 0.273 e. The Labute approximate surface area is 155 Å². The van der Waals surface area contributed by atoms with Crippen molar-refractivity contribution in [2.75, 3.05) is 37.7 Å².